The van der Waals surface area contributed by atoms with Crippen molar-refractivity contribution in [3.8, 4) is 0 Å². The molecule has 0 radical (unpaired) electrons. The second-order valence-corrected chi connectivity index (χ2v) is 8.99. The van der Waals surface area contributed by atoms with Crippen molar-refractivity contribution in [1.82, 2.24) is 14.9 Å². The molecule has 0 spiro atoms. The fourth-order valence-electron chi connectivity index (χ4n) is 3.55. The molecule has 3 rings (SSSR count). The fraction of sp³-hybridized carbons (Fsp3) is 0.360. The Kier molecular flexibility index (Phi) is 8.88. The number of anilines is 1. The van der Waals surface area contributed by atoms with Gasteiger partial charge in [-0.2, -0.15) is 0 Å². The number of hydrogen-bond acceptors (Lipinski definition) is 4. The molecular weight excluding hydrogens is 472 g/mol. The van der Waals surface area contributed by atoms with Crippen molar-refractivity contribution in [3.05, 3.63) is 63.3 Å². The van der Waals surface area contributed by atoms with E-state index in [-0.39, 0.29) is 6.04 Å². The number of fused-ring (bicyclic) bond motifs is 1. The SMILES string of the molecule is CCN(CC)CCCC(C)Nc1nc(C=Cc2ccc(Br)cc2)nc2cccc(Cl)c12. The molecule has 6 heteroatoms. The van der Waals surface area contributed by atoms with Gasteiger partial charge in [-0.15, -0.1) is 0 Å². The van der Waals surface area contributed by atoms with E-state index in [2.05, 4.69) is 59.1 Å². The lowest BCUT2D eigenvalue weighted by Gasteiger charge is -2.20. The highest BCUT2D eigenvalue weighted by molar-refractivity contribution is 9.10. The Morgan fingerprint density at radius 1 is 1.06 bits per heavy atom. The maximum Gasteiger partial charge on any atom is 0.154 e. The molecule has 4 nitrogen and oxygen atoms in total. The Balaban J connectivity index is 1.80. The summed E-state index contributed by atoms with van der Waals surface area (Å²) in [6.07, 6.45) is 6.18. The number of nitrogens with one attached hydrogen (secondary N) is 1. The first-order valence-electron chi connectivity index (χ1n) is 10.9. The van der Waals surface area contributed by atoms with Crippen LogP contribution >= 0.6 is 27.5 Å². The van der Waals surface area contributed by atoms with Crippen LogP contribution in [0.1, 0.15) is 45.0 Å². The molecule has 1 unspecified atom stereocenters. The van der Waals surface area contributed by atoms with Gasteiger partial charge in [0.2, 0.25) is 0 Å². The van der Waals surface area contributed by atoms with E-state index in [4.69, 9.17) is 21.6 Å². The second kappa shape index (κ2) is 11.6. The maximum atomic E-state index is 6.52. The molecule has 0 amide bonds. The zero-order valence-electron chi connectivity index (χ0n) is 18.4. The summed E-state index contributed by atoms with van der Waals surface area (Å²) in [5, 5.41) is 5.13. The van der Waals surface area contributed by atoms with Crippen LogP contribution in [0.3, 0.4) is 0 Å². The van der Waals surface area contributed by atoms with E-state index in [0.717, 1.165) is 59.2 Å². The minimum absolute atomic E-state index is 0.285. The van der Waals surface area contributed by atoms with E-state index in [1.54, 1.807) is 0 Å². The van der Waals surface area contributed by atoms with Crippen LogP contribution in [0.25, 0.3) is 23.1 Å². The number of nitrogens with zero attached hydrogens (tertiary/aromatic N) is 3. The van der Waals surface area contributed by atoms with Crippen LogP contribution in [0.5, 0.6) is 0 Å². The van der Waals surface area contributed by atoms with Gasteiger partial charge < -0.3 is 10.2 Å². The van der Waals surface area contributed by atoms with Gasteiger partial charge in [0.1, 0.15) is 5.82 Å². The van der Waals surface area contributed by atoms with E-state index < -0.39 is 0 Å². The Hall–Kier alpha value is -1.95. The lowest BCUT2D eigenvalue weighted by molar-refractivity contribution is 0.295. The van der Waals surface area contributed by atoms with Gasteiger partial charge in [0.05, 0.1) is 15.9 Å². The first-order chi connectivity index (χ1) is 15.0. The van der Waals surface area contributed by atoms with Crippen LogP contribution in [-0.4, -0.2) is 40.5 Å². The summed E-state index contributed by atoms with van der Waals surface area (Å²) in [7, 11) is 0. The van der Waals surface area contributed by atoms with E-state index in [0.29, 0.717) is 10.8 Å². The predicted molar refractivity (Wildman–Crippen MR) is 138 cm³/mol. The summed E-state index contributed by atoms with van der Waals surface area (Å²) >= 11 is 9.99. The second-order valence-electron chi connectivity index (χ2n) is 7.66. The van der Waals surface area contributed by atoms with Crippen molar-refractivity contribution >= 4 is 56.4 Å². The van der Waals surface area contributed by atoms with Gasteiger partial charge in [-0.3, -0.25) is 0 Å². The predicted octanol–water partition coefficient (Wildman–Crippen LogP) is 7.14. The molecule has 0 aliphatic heterocycles. The number of aromatic nitrogens is 2. The molecule has 0 aliphatic rings. The molecule has 1 heterocycles. The highest BCUT2D eigenvalue weighted by Gasteiger charge is 2.13. The Bertz CT molecular complexity index is 1020. The highest BCUT2D eigenvalue weighted by Crippen LogP contribution is 2.29. The topological polar surface area (TPSA) is 41.0 Å². The number of benzene rings is 2. The minimum atomic E-state index is 0.285. The molecule has 1 atom stereocenters. The lowest BCUT2D eigenvalue weighted by atomic mass is 10.1. The van der Waals surface area contributed by atoms with Gasteiger partial charge >= 0.3 is 0 Å². The monoisotopic (exact) mass is 500 g/mol. The normalized spacial score (nSPS) is 12.7. The highest BCUT2D eigenvalue weighted by atomic mass is 79.9. The van der Waals surface area contributed by atoms with E-state index in [1.165, 1.54) is 0 Å². The van der Waals surface area contributed by atoms with Crippen LogP contribution in [0.2, 0.25) is 5.02 Å². The zero-order chi connectivity index (χ0) is 22.2. The molecule has 0 bridgehead atoms. The molecule has 0 fully saturated rings. The van der Waals surface area contributed by atoms with Crippen LogP contribution in [0, 0.1) is 0 Å². The molecule has 1 N–H and O–H groups in total. The Labute approximate surface area is 198 Å². The quantitative estimate of drug-likeness (QED) is 0.320. The van der Waals surface area contributed by atoms with Gasteiger partial charge in [-0.1, -0.05) is 65.7 Å². The molecule has 0 aliphatic carbocycles. The standard InChI is InChI=1S/C25H30BrClN4/c1-4-31(5-2)17-7-8-18(3)28-25-24-21(27)9-6-10-22(24)29-23(30-25)16-13-19-11-14-20(26)15-12-19/h6,9-16,18H,4-5,7-8,17H2,1-3H3,(H,28,29,30). The molecule has 2 aromatic carbocycles. The third-order valence-electron chi connectivity index (χ3n) is 5.37. The molecule has 0 saturated heterocycles. The smallest absolute Gasteiger partial charge is 0.154 e. The van der Waals surface area contributed by atoms with Crippen molar-refractivity contribution < 1.29 is 0 Å². The molecular formula is C25H30BrClN4. The Morgan fingerprint density at radius 3 is 2.52 bits per heavy atom. The molecule has 31 heavy (non-hydrogen) atoms. The summed E-state index contributed by atoms with van der Waals surface area (Å²) in [5.74, 6) is 1.46. The first-order valence-corrected chi connectivity index (χ1v) is 12.1. The molecule has 1 aromatic heterocycles. The van der Waals surface area contributed by atoms with Crippen LogP contribution in [0.15, 0.2) is 46.9 Å². The summed E-state index contributed by atoms with van der Waals surface area (Å²) in [6, 6.07) is 14.2. The van der Waals surface area contributed by atoms with Gasteiger partial charge in [0.25, 0.3) is 0 Å². The van der Waals surface area contributed by atoms with Gasteiger partial charge in [-0.25, -0.2) is 9.97 Å². The summed E-state index contributed by atoms with van der Waals surface area (Å²) in [5.41, 5.74) is 1.94. The van der Waals surface area contributed by atoms with Gasteiger partial charge in [0.15, 0.2) is 5.82 Å². The Morgan fingerprint density at radius 2 is 1.81 bits per heavy atom. The summed E-state index contributed by atoms with van der Waals surface area (Å²) in [6.45, 7) is 9.93. The average molecular weight is 502 g/mol. The third-order valence-corrected chi connectivity index (χ3v) is 6.22. The lowest BCUT2D eigenvalue weighted by Crippen LogP contribution is -2.25. The van der Waals surface area contributed by atoms with Crippen LogP contribution in [-0.2, 0) is 0 Å². The number of hydrogen-bond donors (Lipinski definition) is 1. The number of rotatable bonds is 10. The molecule has 3 aromatic rings. The van der Waals surface area contributed by atoms with Crippen LogP contribution in [0.4, 0.5) is 5.82 Å². The summed E-state index contributed by atoms with van der Waals surface area (Å²) in [4.78, 5) is 12.0. The average Bonchev–Trinajstić information content (AvgIpc) is 2.76. The summed E-state index contributed by atoms with van der Waals surface area (Å²) < 4.78 is 1.06. The number of halogens is 2. The zero-order valence-corrected chi connectivity index (χ0v) is 20.7. The van der Waals surface area contributed by atoms with Gasteiger partial charge in [-0.05, 0) is 75.3 Å². The van der Waals surface area contributed by atoms with E-state index >= 15 is 0 Å². The van der Waals surface area contributed by atoms with Crippen molar-refractivity contribution in [3.63, 3.8) is 0 Å². The van der Waals surface area contributed by atoms with E-state index in [1.807, 2.05) is 42.5 Å². The molecule has 164 valence electrons. The fourth-order valence-corrected chi connectivity index (χ4v) is 4.07. The van der Waals surface area contributed by atoms with Gasteiger partial charge in [0, 0.05) is 10.5 Å². The molecule has 0 saturated carbocycles. The van der Waals surface area contributed by atoms with Crippen molar-refractivity contribution in [2.75, 3.05) is 25.0 Å². The van der Waals surface area contributed by atoms with Crippen molar-refractivity contribution in [2.24, 2.45) is 0 Å². The van der Waals surface area contributed by atoms with E-state index in [9.17, 15) is 0 Å². The minimum Gasteiger partial charge on any atom is -0.367 e. The largest absolute Gasteiger partial charge is 0.367 e. The third kappa shape index (κ3) is 6.76. The first kappa shape index (κ1) is 23.7. The van der Waals surface area contributed by atoms with Crippen molar-refractivity contribution in [1.29, 1.82) is 0 Å². The van der Waals surface area contributed by atoms with Crippen LogP contribution < -0.4 is 5.32 Å². The van der Waals surface area contributed by atoms with Crippen molar-refractivity contribution in [2.45, 2.75) is 39.7 Å². The maximum absolute atomic E-state index is 6.52.